The van der Waals surface area contributed by atoms with Crippen LogP contribution >= 0.6 is 0 Å². The van der Waals surface area contributed by atoms with E-state index >= 15 is 0 Å². The van der Waals surface area contributed by atoms with Crippen molar-refractivity contribution in [3.05, 3.63) is 0 Å². The Hall–Kier alpha value is -0.610. The molecule has 0 radical (unpaired) electrons. The highest BCUT2D eigenvalue weighted by molar-refractivity contribution is 5.79. The van der Waals surface area contributed by atoms with E-state index in [1.807, 2.05) is 4.90 Å². The van der Waals surface area contributed by atoms with E-state index in [0.717, 1.165) is 32.5 Å². The number of amides is 1. The maximum atomic E-state index is 12.2. The van der Waals surface area contributed by atoms with E-state index in [-0.39, 0.29) is 17.9 Å². The van der Waals surface area contributed by atoms with Gasteiger partial charge in [0.05, 0.1) is 6.04 Å². The lowest BCUT2D eigenvalue weighted by Crippen LogP contribution is -2.57. The summed E-state index contributed by atoms with van der Waals surface area (Å²) in [7, 11) is 0. The summed E-state index contributed by atoms with van der Waals surface area (Å²) in [5.74, 6) is 0.467. The number of piperazine rings is 1. The third kappa shape index (κ3) is 2.92. The van der Waals surface area contributed by atoms with E-state index in [1.165, 1.54) is 0 Å². The summed E-state index contributed by atoms with van der Waals surface area (Å²) in [6.45, 7) is 7.23. The maximum absolute atomic E-state index is 12.2. The first-order valence-corrected chi connectivity index (χ1v) is 5.95. The molecule has 1 fully saturated rings. The van der Waals surface area contributed by atoms with Crippen LogP contribution in [0.3, 0.4) is 0 Å². The molecule has 4 heteroatoms. The predicted molar refractivity (Wildman–Crippen MR) is 61.5 cm³/mol. The van der Waals surface area contributed by atoms with Crippen LogP contribution in [0, 0.1) is 5.92 Å². The number of hydrogen-bond donors (Lipinski definition) is 2. The van der Waals surface area contributed by atoms with Crippen LogP contribution in [0.4, 0.5) is 0 Å². The molecule has 1 heterocycles. The van der Waals surface area contributed by atoms with Crippen LogP contribution in [0.15, 0.2) is 0 Å². The Bertz CT molecular complexity index is 204. The van der Waals surface area contributed by atoms with Gasteiger partial charge in [-0.3, -0.25) is 4.79 Å². The zero-order valence-corrected chi connectivity index (χ0v) is 9.83. The first-order chi connectivity index (χ1) is 7.24. The quantitative estimate of drug-likeness (QED) is 0.700. The minimum absolute atomic E-state index is 0.178. The number of nitrogens with two attached hydrogens (primary N) is 1. The number of nitrogens with zero attached hydrogens (tertiary/aromatic N) is 1. The van der Waals surface area contributed by atoms with Crippen molar-refractivity contribution in [2.24, 2.45) is 11.7 Å². The van der Waals surface area contributed by atoms with Crippen molar-refractivity contribution >= 4 is 5.91 Å². The molecule has 15 heavy (non-hydrogen) atoms. The highest BCUT2D eigenvalue weighted by Gasteiger charge is 2.28. The van der Waals surface area contributed by atoms with E-state index in [1.54, 1.807) is 0 Å². The van der Waals surface area contributed by atoms with E-state index < -0.39 is 0 Å². The van der Waals surface area contributed by atoms with Crippen LogP contribution in [0.2, 0.25) is 0 Å². The number of hydrogen-bond acceptors (Lipinski definition) is 3. The highest BCUT2D eigenvalue weighted by atomic mass is 16.2. The van der Waals surface area contributed by atoms with Gasteiger partial charge < -0.3 is 16.0 Å². The molecular weight excluding hydrogens is 190 g/mol. The summed E-state index contributed by atoms with van der Waals surface area (Å²) in [6.07, 6.45) is 1.85. The van der Waals surface area contributed by atoms with Gasteiger partial charge in [0, 0.05) is 32.1 Å². The molecule has 0 aromatic rings. The molecule has 0 saturated carbocycles. The molecule has 4 nitrogen and oxygen atoms in total. The molecule has 0 bridgehead atoms. The topological polar surface area (TPSA) is 58.4 Å². The second kappa shape index (κ2) is 6.08. The van der Waals surface area contributed by atoms with Crippen LogP contribution in [0.1, 0.15) is 26.7 Å². The third-order valence-electron chi connectivity index (χ3n) is 3.24. The summed E-state index contributed by atoms with van der Waals surface area (Å²) in [4.78, 5) is 14.1. The monoisotopic (exact) mass is 213 g/mol. The fourth-order valence-electron chi connectivity index (χ4n) is 2.13. The van der Waals surface area contributed by atoms with Gasteiger partial charge in [0.2, 0.25) is 5.91 Å². The number of nitrogens with one attached hydrogen (secondary N) is 1. The Morgan fingerprint density at radius 3 is 2.73 bits per heavy atom. The summed E-state index contributed by atoms with van der Waals surface area (Å²) in [5, 5.41) is 3.27. The van der Waals surface area contributed by atoms with Crippen LogP contribution in [0.5, 0.6) is 0 Å². The highest BCUT2D eigenvalue weighted by Crippen LogP contribution is 2.14. The number of carbonyl (C=O) groups excluding carboxylic acids is 1. The van der Waals surface area contributed by atoms with Gasteiger partial charge >= 0.3 is 0 Å². The molecule has 1 saturated heterocycles. The van der Waals surface area contributed by atoms with Gasteiger partial charge in [0.25, 0.3) is 0 Å². The third-order valence-corrected chi connectivity index (χ3v) is 3.24. The molecule has 1 aliphatic rings. The van der Waals surface area contributed by atoms with Gasteiger partial charge in [-0.25, -0.2) is 0 Å². The molecule has 0 aromatic heterocycles. The molecule has 0 aromatic carbocycles. The van der Waals surface area contributed by atoms with Crippen LogP contribution in [-0.4, -0.2) is 43.0 Å². The second-order valence-electron chi connectivity index (χ2n) is 4.14. The lowest BCUT2D eigenvalue weighted by Gasteiger charge is -2.37. The van der Waals surface area contributed by atoms with Crippen molar-refractivity contribution in [2.45, 2.75) is 32.7 Å². The van der Waals surface area contributed by atoms with Crippen molar-refractivity contribution in [2.75, 3.05) is 26.2 Å². The normalized spacial score (nSPS) is 22.1. The van der Waals surface area contributed by atoms with E-state index in [9.17, 15) is 4.79 Å². The Labute approximate surface area is 92.2 Å². The summed E-state index contributed by atoms with van der Waals surface area (Å²) >= 11 is 0. The van der Waals surface area contributed by atoms with E-state index in [2.05, 4.69) is 19.2 Å². The van der Waals surface area contributed by atoms with Crippen molar-refractivity contribution in [1.29, 1.82) is 0 Å². The maximum Gasteiger partial charge on any atom is 0.226 e. The molecule has 1 unspecified atom stereocenters. The fraction of sp³-hybridized carbons (Fsp3) is 0.909. The summed E-state index contributed by atoms with van der Waals surface area (Å²) < 4.78 is 0. The zero-order chi connectivity index (χ0) is 11.3. The van der Waals surface area contributed by atoms with Gasteiger partial charge in [-0.05, 0) is 12.8 Å². The average Bonchev–Trinajstić information content (AvgIpc) is 2.30. The molecule has 0 aliphatic carbocycles. The van der Waals surface area contributed by atoms with Crippen LogP contribution in [-0.2, 0) is 4.79 Å². The molecule has 1 atom stereocenters. The van der Waals surface area contributed by atoms with Gasteiger partial charge in [0.15, 0.2) is 0 Å². The molecule has 0 spiro atoms. The predicted octanol–water partition coefficient (Wildman–Crippen LogP) is 0.182. The van der Waals surface area contributed by atoms with Crippen molar-refractivity contribution in [3.63, 3.8) is 0 Å². The Balaban J connectivity index is 2.62. The van der Waals surface area contributed by atoms with E-state index in [4.69, 9.17) is 5.73 Å². The SMILES string of the molecule is CCC(CC)C(=O)N1CCNCC1CN. The van der Waals surface area contributed by atoms with Gasteiger partial charge in [-0.2, -0.15) is 0 Å². The lowest BCUT2D eigenvalue weighted by molar-refractivity contribution is -0.138. The number of carbonyl (C=O) groups is 1. The molecule has 88 valence electrons. The van der Waals surface area contributed by atoms with Gasteiger partial charge in [-0.15, -0.1) is 0 Å². The largest absolute Gasteiger partial charge is 0.336 e. The molecule has 1 aliphatic heterocycles. The molecule has 3 N–H and O–H groups in total. The molecule has 1 amide bonds. The standard InChI is InChI=1S/C11H23N3O/c1-3-9(4-2)11(15)14-6-5-13-8-10(14)7-12/h9-10,13H,3-8,12H2,1-2H3. The van der Waals surface area contributed by atoms with E-state index in [0.29, 0.717) is 6.54 Å². The summed E-state index contributed by atoms with van der Waals surface area (Å²) in [6, 6.07) is 0.187. The smallest absolute Gasteiger partial charge is 0.226 e. The van der Waals surface area contributed by atoms with Crippen molar-refractivity contribution in [3.8, 4) is 0 Å². The molecular formula is C11H23N3O. The van der Waals surface area contributed by atoms with Gasteiger partial charge in [-0.1, -0.05) is 13.8 Å². The van der Waals surface area contributed by atoms with Gasteiger partial charge in [0.1, 0.15) is 0 Å². The zero-order valence-electron chi connectivity index (χ0n) is 9.83. The number of rotatable bonds is 4. The average molecular weight is 213 g/mol. The lowest BCUT2D eigenvalue weighted by atomic mass is 10.00. The summed E-state index contributed by atoms with van der Waals surface area (Å²) in [5.41, 5.74) is 5.68. The Morgan fingerprint density at radius 2 is 2.20 bits per heavy atom. The Kier molecular flexibility index (Phi) is 5.05. The first-order valence-electron chi connectivity index (χ1n) is 5.95. The fourth-order valence-corrected chi connectivity index (χ4v) is 2.13. The van der Waals surface area contributed by atoms with Crippen LogP contribution < -0.4 is 11.1 Å². The van der Waals surface area contributed by atoms with Crippen molar-refractivity contribution in [1.82, 2.24) is 10.2 Å². The van der Waals surface area contributed by atoms with Crippen LogP contribution in [0.25, 0.3) is 0 Å². The van der Waals surface area contributed by atoms with Crippen molar-refractivity contribution < 1.29 is 4.79 Å². The minimum atomic E-state index is 0.178. The Morgan fingerprint density at radius 1 is 1.53 bits per heavy atom. The second-order valence-corrected chi connectivity index (χ2v) is 4.14. The first kappa shape index (κ1) is 12.5. The molecule has 1 rings (SSSR count). The minimum Gasteiger partial charge on any atom is -0.336 e.